The summed E-state index contributed by atoms with van der Waals surface area (Å²) in [5.74, 6) is 0.722. The minimum absolute atomic E-state index is 0. The number of hydrogen-bond donors (Lipinski definition) is 0. The minimum atomic E-state index is 0. The second-order valence-corrected chi connectivity index (χ2v) is 1.31. The van der Waals surface area contributed by atoms with Crippen molar-refractivity contribution in [1.82, 2.24) is 4.98 Å². The normalized spacial score (nSPS) is 7.67. The first-order valence-electron chi connectivity index (χ1n) is 2.29. The van der Waals surface area contributed by atoms with Crippen LogP contribution >= 0.6 is 0 Å². The van der Waals surface area contributed by atoms with E-state index in [1.54, 1.807) is 25.6 Å². The van der Waals surface area contributed by atoms with Gasteiger partial charge in [-0.2, -0.15) is 12.1 Å². The molecule has 0 fully saturated rings. The molecule has 0 spiro atoms. The van der Waals surface area contributed by atoms with Crippen molar-refractivity contribution in [2.24, 2.45) is 0 Å². The Morgan fingerprint density at radius 3 is 2.78 bits per heavy atom. The molecule has 0 saturated heterocycles. The van der Waals surface area contributed by atoms with Gasteiger partial charge < -0.3 is 9.72 Å². The molecule has 0 N–H and O–H groups in total. The Labute approximate surface area is 66.4 Å². The predicted octanol–water partition coefficient (Wildman–Crippen LogP) is -2.11. The molecule has 0 radical (unpaired) electrons. The van der Waals surface area contributed by atoms with Gasteiger partial charge in [-0.1, -0.05) is 12.4 Å². The van der Waals surface area contributed by atoms with Gasteiger partial charge in [-0.3, -0.25) is 0 Å². The van der Waals surface area contributed by atoms with E-state index in [1.807, 2.05) is 0 Å². The molecule has 0 aliphatic carbocycles. The van der Waals surface area contributed by atoms with Crippen LogP contribution < -0.4 is 23.6 Å². The average Bonchev–Trinajstić information content (AvgIpc) is 1.90. The Morgan fingerprint density at radius 2 is 2.44 bits per heavy atom. The third-order valence-electron chi connectivity index (χ3n) is 0.813. The van der Waals surface area contributed by atoms with E-state index in [1.165, 1.54) is 0 Å². The molecule has 0 bridgehead atoms. The summed E-state index contributed by atoms with van der Waals surface area (Å²) >= 11 is 0. The van der Waals surface area contributed by atoms with Crippen molar-refractivity contribution in [2.45, 2.75) is 0 Å². The first-order valence-corrected chi connectivity index (χ1v) is 2.29. The van der Waals surface area contributed by atoms with E-state index < -0.39 is 0 Å². The van der Waals surface area contributed by atoms with Crippen LogP contribution in [0.2, 0.25) is 0 Å². The van der Waals surface area contributed by atoms with Gasteiger partial charge in [0.1, 0.15) is 0 Å². The third-order valence-corrected chi connectivity index (χ3v) is 0.813. The maximum Gasteiger partial charge on any atom is 1.00 e. The zero-order valence-corrected chi connectivity index (χ0v) is 5.59. The Morgan fingerprint density at radius 1 is 1.67 bits per heavy atom. The number of nitrogens with zero attached hydrogens (tertiary/aromatic N) is 1. The summed E-state index contributed by atoms with van der Waals surface area (Å²) in [5, 5.41) is 0. The van der Waals surface area contributed by atoms with Gasteiger partial charge in [0, 0.05) is 0 Å². The molecule has 1 aromatic heterocycles. The molecule has 0 aromatic carbocycles. The zero-order chi connectivity index (χ0) is 5.82. The molecule has 0 atom stereocenters. The molecule has 42 valence electrons. The molecule has 1 heterocycles. The number of rotatable bonds is 1. The van der Waals surface area contributed by atoms with E-state index in [9.17, 15) is 0 Å². The molecule has 9 heavy (non-hydrogen) atoms. The van der Waals surface area contributed by atoms with E-state index in [-0.39, 0.29) is 18.9 Å². The van der Waals surface area contributed by atoms with Gasteiger partial charge in [0.15, 0.2) is 0 Å². The fraction of sp³-hybridized carbons (Fsp3) is 0.167. The summed E-state index contributed by atoms with van der Waals surface area (Å²) in [6.45, 7) is 0. The minimum Gasteiger partial charge on any atom is -0.535 e. The molecule has 3 heteroatoms. The van der Waals surface area contributed by atoms with Gasteiger partial charge >= 0.3 is 18.9 Å². The Hall–Kier alpha value is -0.453. The number of ether oxygens (including phenoxy) is 1. The second-order valence-electron chi connectivity index (χ2n) is 1.31. The topological polar surface area (TPSA) is 22.1 Å². The maximum atomic E-state index is 4.82. The number of hydrogen-bond acceptors (Lipinski definition) is 2. The van der Waals surface area contributed by atoms with Crippen molar-refractivity contribution in [1.29, 1.82) is 0 Å². The fourth-order valence-corrected chi connectivity index (χ4v) is 0.430. The van der Waals surface area contributed by atoms with Gasteiger partial charge in [0.05, 0.1) is 7.11 Å². The van der Waals surface area contributed by atoms with Gasteiger partial charge in [0.2, 0.25) is 0 Å². The molecule has 2 nitrogen and oxygen atoms in total. The molecular weight excluding hydrogens is 109 g/mol. The van der Waals surface area contributed by atoms with E-state index in [0.717, 1.165) is 5.75 Å². The number of pyridine rings is 1. The first kappa shape index (κ1) is 8.55. The summed E-state index contributed by atoms with van der Waals surface area (Å²) in [5.41, 5.74) is 0. The number of methoxy groups -OCH3 is 1. The van der Waals surface area contributed by atoms with Crippen LogP contribution in [0.4, 0.5) is 0 Å². The Bertz CT molecular complexity index is 154. The van der Waals surface area contributed by atoms with Crippen LogP contribution in [0.15, 0.2) is 18.5 Å². The van der Waals surface area contributed by atoms with Crippen LogP contribution in [-0.2, 0) is 0 Å². The molecule has 0 aliphatic rings. The first-order chi connectivity index (χ1) is 3.93. The summed E-state index contributed by atoms with van der Waals surface area (Å²) in [4.78, 5) is 3.76. The van der Waals surface area contributed by atoms with E-state index in [0.29, 0.717) is 0 Å². The molecule has 0 aliphatic heterocycles. The third kappa shape index (κ3) is 2.55. The molecule has 0 amide bonds. The Kier molecular flexibility index (Phi) is 4.21. The second kappa shape index (κ2) is 4.43. The SMILES string of the molecule is COc1[c-]cncc1.[Li+]. The van der Waals surface area contributed by atoms with Crippen LogP contribution in [0.5, 0.6) is 5.75 Å². The summed E-state index contributed by atoms with van der Waals surface area (Å²) in [6, 6.07) is 4.53. The number of aromatic nitrogens is 1. The van der Waals surface area contributed by atoms with Crippen molar-refractivity contribution in [3.63, 3.8) is 0 Å². The van der Waals surface area contributed by atoms with E-state index in [4.69, 9.17) is 4.74 Å². The van der Waals surface area contributed by atoms with Crippen LogP contribution in [0.1, 0.15) is 0 Å². The van der Waals surface area contributed by atoms with Crippen molar-refractivity contribution in [3.05, 3.63) is 24.5 Å². The summed E-state index contributed by atoms with van der Waals surface area (Å²) in [6.07, 6.45) is 3.23. The fourth-order valence-electron chi connectivity index (χ4n) is 0.430. The van der Waals surface area contributed by atoms with E-state index >= 15 is 0 Å². The summed E-state index contributed by atoms with van der Waals surface area (Å²) < 4.78 is 4.82. The van der Waals surface area contributed by atoms with Crippen molar-refractivity contribution < 1.29 is 23.6 Å². The van der Waals surface area contributed by atoms with Crippen molar-refractivity contribution in [3.8, 4) is 5.75 Å². The largest absolute Gasteiger partial charge is 1.00 e. The van der Waals surface area contributed by atoms with Crippen LogP contribution in [0.3, 0.4) is 0 Å². The molecule has 0 saturated carbocycles. The van der Waals surface area contributed by atoms with Crippen LogP contribution in [0.25, 0.3) is 0 Å². The van der Waals surface area contributed by atoms with Gasteiger partial charge in [-0.05, 0) is 5.75 Å². The smallest absolute Gasteiger partial charge is 0.535 e. The Balaban J connectivity index is 0.000000640. The van der Waals surface area contributed by atoms with Crippen molar-refractivity contribution in [2.75, 3.05) is 7.11 Å². The monoisotopic (exact) mass is 115 g/mol. The predicted molar refractivity (Wildman–Crippen MR) is 29.6 cm³/mol. The molecule has 1 rings (SSSR count). The van der Waals surface area contributed by atoms with Crippen LogP contribution in [-0.4, -0.2) is 12.1 Å². The average molecular weight is 115 g/mol. The van der Waals surface area contributed by atoms with Gasteiger partial charge in [0.25, 0.3) is 0 Å². The molecular formula is C6H6LiNO. The summed E-state index contributed by atoms with van der Waals surface area (Å²) in [7, 11) is 1.60. The zero-order valence-electron chi connectivity index (χ0n) is 5.59. The molecule has 1 aromatic rings. The molecule has 0 unspecified atom stereocenters. The van der Waals surface area contributed by atoms with Gasteiger partial charge in [-0.15, -0.1) is 0 Å². The quantitative estimate of drug-likeness (QED) is 0.309. The maximum absolute atomic E-state index is 4.82. The van der Waals surface area contributed by atoms with E-state index in [2.05, 4.69) is 11.1 Å². The standard InChI is InChI=1S/C6H6NO.Li/c1-8-6-2-4-7-5-3-6;/h2,4-5H,1H3;/q-1;+1. The van der Waals surface area contributed by atoms with Crippen molar-refractivity contribution >= 4 is 0 Å². The van der Waals surface area contributed by atoms with Crippen LogP contribution in [0, 0.1) is 6.07 Å². The van der Waals surface area contributed by atoms with Gasteiger partial charge in [-0.25, -0.2) is 0 Å².